The van der Waals surface area contributed by atoms with Crippen LogP contribution < -0.4 is 14.8 Å². The molecule has 0 aliphatic carbocycles. The molecular weight excluding hydrogens is 462 g/mol. The maximum Gasteiger partial charge on any atom is 0.338 e. The van der Waals surface area contributed by atoms with Gasteiger partial charge < -0.3 is 29.3 Å². The number of ether oxygens (including phenoxy) is 3. The number of carbonyl (C=O) groups excluding carboxylic acids is 3. The van der Waals surface area contributed by atoms with Gasteiger partial charge in [0.1, 0.15) is 11.5 Å². The average Bonchev–Trinajstić information content (AvgIpc) is 3.32. The minimum atomic E-state index is -0.415. The number of nitrogens with one attached hydrogen (secondary N) is 1. The standard InChI is InChI=1S/C27H33N3O6/c1-4-36-25(32)19-6-5-7-20(16-19)28-26(33)30-15-12-27(18-30)10-13-29(14-11-27)24(31)22-17-21(34-2)8-9-23(22)35-3/h5-9,16-17H,4,10-15,18H2,1-3H3,(H,28,33). The first-order chi connectivity index (χ1) is 17.4. The fourth-order valence-corrected chi connectivity index (χ4v) is 4.99. The van der Waals surface area contributed by atoms with E-state index in [2.05, 4.69) is 5.32 Å². The number of nitrogens with zero attached hydrogens (tertiary/aromatic N) is 2. The lowest BCUT2D eigenvalue weighted by Crippen LogP contribution is -2.45. The first kappa shape index (κ1) is 25.3. The number of rotatable bonds is 6. The zero-order valence-corrected chi connectivity index (χ0v) is 21.0. The number of hydrogen-bond acceptors (Lipinski definition) is 6. The third-order valence-corrected chi connectivity index (χ3v) is 7.10. The molecule has 0 atom stereocenters. The Morgan fingerprint density at radius 3 is 2.33 bits per heavy atom. The molecule has 0 aromatic heterocycles. The van der Waals surface area contributed by atoms with Crippen molar-refractivity contribution in [2.45, 2.75) is 26.2 Å². The van der Waals surface area contributed by atoms with Crippen LogP contribution in [0.25, 0.3) is 0 Å². The van der Waals surface area contributed by atoms with Crippen molar-refractivity contribution in [1.29, 1.82) is 0 Å². The van der Waals surface area contributed by atoms with Crippen LogP contribution in [0.4, 0.5) is 10.5 Å². The minimum Gasteiger partial charge on any atom is -0.497 e. The van der Waals surface area contributed by atoms with E-state index in [-0.39, 0.29) is 17.4 Å². The lowest BCUT2D eigenvalue weighted by atomic mass is 9.77. The molecule has 0 saturated carbocycles. The van der Waals surface area contributed by atoms with Gasteiger partial charge in [-0.05, 0) is 68.0 Å². The van der Waals surface area contributed by atoms with E-state index in [9.17, 15) is 14.4 Å². The molecule has 2 aliphatic heterocycles. The van der Waals surface area contributed by atoms with E-state index in [1.165, 1.54) is 0 Å². The van der Waals surface area contributed by atoms with E-state index in [0.717, 1.165) is 19.3 Å². The average molecular weight is 496 g/mol. The first-order valence-electron chi connectivity index (χ1n) is 12.2. The molecule has 2 aromatic carbocycles. The zero-order valence-electron chi connectivity index (χ0n) is 21.0. The van der Waals surface area contributed by atoms with Gasteiger partial charge in [-0.15, -0.1) is 0 Å². The summed E-state index contributed by atoms with van der Waals surface area (Å²) in [5.41, 5.74) is 1.45. The molecule has 0 unspecified atom stereocenters. The van der Waals surface area contributed by atoms with Crippen molar-refractivity contribution in [3.63, 3.8) is 0 Å². The lowest BCUT2D eigenvalue weighted by molar-refractivity contribution is 0.0525. The highest BCUT2D eigenvalue weighted by atomic mass is 16.5. The summed E-state index contributed by atoms with van der Waals surface area (Å²) in [6, 6.07) is 11.8. The monoisotopic (exact) mass is 495 g/mol. The molecule has 9 nitrogen and oxygen atoms in total. The summed E-state index contributed by atoms with van der Waals surface area (Å²) in [5.74, 6) is 0.644. The maximum atomic E-state index is 13.2. The Kier molecular flexibility index (Phi) is 7.67. The number of piperidine rings is 1. The molecule has 2 aromatic rings. The third-order valence-electron chi connectivity index (χ3n) is 7.10. The number of hydrogen-bond donors (Lipinski definition) is 1. The summed E-state index contributed by atoms with van der Waals surface area (Å²) in [7, 11) is 3.12. The second-order valence-electron chi connectivity index (χ2n) is 9.26. The van der Waals surface area contributed by atoms with Crippen LogP contribution in [0.15, 0.2) is 42.5 Å². The number of esters is 1. The Hall–Kier alpha value is -3.75. The summed E-state index contributed by atoms with van der Waals surface area (Å²) in [6.07, 6.45) is 2.55. The lowest BCUT2D eigenvalue weighted by Gasteiger charge is -2.39. The molecule has 192 valence electrons. The van der Waals surface area contributed by atoms with Crippen molar-refractivity contribution in [3.05, 3.63) is 53.6 Å². The van der Waals surface area contributed by atoms with Gasteiger partial charge in [0.25, 0.3) is 5.91 Å². The number of benzene rings is 2. The van der Waals surface area contributed by atoms with E-state index < -0.39 is 5.97 Å². The summed E-state index contributed by atoms with van der Waals surface area (Å²) in [6.45, 7) is 4.58. The van der Waals surface area contributed by atoms with Gasteiger partial charge in [-0.2, -0.15) is 0 Å². The number of amides is 3. The maximum absolute atomic E-state index is 13.2. The summed E-state index contributed by atoms with van der Waals surface area (Å²) in [4.78, 5) is 41.8. The molecule has 2 saturated heterocycles. The predicted molar refractivity (Wildman–Crippen MR) is 135 cm³/mol. The minimum absolute atomic E-state index is 0.000631. The van der Waals surface area contributed by atoms with Crippen LogP contribution in [0.3, 0.4) is 0 Å². The second-order valence-corrected chi connectivity index (χ2v) is 9.26. The van der Waals surface area contributed by atoms with Crippen molar-refractivity contribution in [2.75, 3.05) is 52.3 Å². The molecule has 1 spiro atoms. The van der Waals surface area contributed by atoms with Gasteiger partial charge in [0, 0.05) is 31.9 Å². The van der Waals surface area contributed by atoms with E-state index in [1.54, 1.807) is 63.6 Å². The summed E-state index contributed by atoms with van der Waals surface area (Å²) in [5, 5.41) is 2.90. The van der Waals surface area contributed by atoms with E-state index in [4.69, 9.17) is 14.2 Å². The van der Waals surface area contributed by atoms with Crippen molar-refractivity contribution in [2.24, 2.45) is 5.41 Å². The van der Waals surface area contributed by atoms with E-state index in [1.807, 2.05) is 9.80 Å². The van der Waals surface area contributed by atoms with Crippen molar-refractivity contribution >= 4 is 23.6 Å². The number of urea groups is 1. The fourth-order valence-electron chi connectivity index (χ4n) is 4.99. The second kappa shape index (κ2) is 10.9. The van der Waals surface area contributed by atoms with Crippen molar-refractivity contribution in [1.82, 2.24) is 9.80 Å². The Bertz CT molecular complexity index is 1130. The van der Waals surface area contributed by atoms with Gasteiger partial charge in [-0.3, -0.25) is 4.79 Å². The van der Waals surface area contributed by atoms with Gasteiger partial charge in [-0.25, -0.2) is 9.59 Å². The summed E-state index contributed by atoms with van der Waals surface area (Å²) < 4.78 is 15.7. The Morgan fingerprint density at radius 1 is 0.944 bits per heavy atom. The smallest absolute Gasteiger partial charge is 0.338 e. The Balaban J connectivity index is 1.35. The Labute approximate surface area is 211 Å². The topological polar surface area (TPSA) is 97.4 Å². The SMILES string of the molecule is CCOC(=O)c1cccc(NC(=O)N2CCC3(CCN(C(=O)c4cc(OC)ccc4OC)CC3)C2)c1. The van der Waals surface area contributed by atoms with Gasteiger partial charge in [0.15, 0.2) is 0 Å². The highest BCUT2D eigenvalue weighted by Gasteiger charge is 2.43. The highest BCUT2D eigenvalue weighted by Crippen LogP contribution is 2.41. The molecule has 0 radical (unpaired) electrons. The predicted octanol–water partition coefficient (Wildman–Crippen LogP) is 4.04. The molecule has 2 fully saturated rings. The van der Waals surface area contributed by atoms with Gasteiger partial charge >= 0.3 is 12.0 Å². The van der Waals surface area contributed by atoms with Crippen LogP contribution >= 0.6 is 0 Å². The number of methoxy groups -OCH3 is 2. The summed E-state index contributed by atoms with van der Waals surface area (Å²) >= 11 is 0. The van der Waals surface area contributed by atoms with E-state index in [0.29, 0.717) is 61.1 Å². The normalized spacial score (nSPS) is 16.5. The van der Waals surface area contributed by atoms with Crippen LogP contribution in [-0.2, 0) is 4.74 Å². The van der Waals surface area contributed by atoms with E-state index >= 15 is 0 Å². The largest absolute Gasteiger partial charge is 0.497 e. The molecule has 9 heteroatoms. The molecule has 36 heavy (non-hydrogen) atoms. The molecule has 1 N–H and O–H groups in total. The van der Waals surface area contributed by atoms with Crippen LogP contribution in [0, 0.1) is 5.41 Å². The van der Waals surface area contributed by atoms with Crippen LogP contribution in [0.2, 0.25) is 0 Å². The first-order valence-corrected chi connectivity index (χ1v) is 12.2. The van der Waals surface area contributed by atoms with Crippen LogP contribution in [0.5, 0.6) is 11.5 Å². The van der Waals surface area contributed by atoms with Gasteiger partial charge in [-0.1, -0.05) is 6.07 Å². The van der Waals surface area contributed by atoms with Gasteiger partial charge in [0.05, 0.1) is 32.0 Å². The zero-order chi connectivity index (χ0) is 25.7. The number of likely N-dealkylation sites (tertiary alicyclic amines) is 2. The van der Waals surface area contributed by atoms with Crippen LogP contribution in [0.1, 0.15) is 46.9 Å². The fraction of sp³-hybridized carbons (Fsp3) is 0.444. The van der Waals surface area contributed by atoms with Crippen molar-refractivity contribution in [3.8, 4) is 11.5 Å². The highest BCUT2D eigenvalue weighted by molar-refractivity contribution is 5.97. The van der Waals surface area contributed by atoms with Crippen molar-refractivity contribution < 1.29 is 28.6 Å². The Morgan fingerprint density at radius 2 is 1.67 bits per heavy atom. The molecule has 2 aliphatic rings. The van der Waals surface area contributed by atoms with Gasteiger partial charge in [0.2, 0.25) is 0 Å². The third kappa shape index (κ3) is 5.40. The molecule has 2 heterocycles. The molecule has 0 bridgehead atoms. The molecule has 4 rings (SSSR count). The molecule has 3 amide bonds. The number of carbonyl (C=O) groups is 3. The molecular formula is C27H33N3O6. The quantitative estimate of drug-likeness (QED) is 0.608. The number of anilines is 1. The van der Waals surface area contributed by atoms with Crippen LogP contribution in [-0.4, -0.2) is 74.7 Å².